The molecule has 1 aromatic carbocycles. The lowest BCUT2D eigenvalue weighted by atomic mass is 10.1. The molecule has 90 valence electrons. The maximum atomic E-state index is 6.10. The van der Waals surface area contributed by atoms with E-state index < -0.39 is 0 Å². The van der Waals surface area contributed by atoms with Crippen molar-refractivity contribution in [3.63, 3.8) is 0 Å². The van der Waals surface area contributed by atoms with Crippen LogP contribution in [0.4, 0.5) is 6.01 Å². The van der Waals surface area contributed by atoms with E-state index in [4.69, 9.17) is 26.5 Å². The van der Waals surface area contributed by atoms with Crippen molar-refractivity contribution in [2.75, 3.05) is 12.3 Å². The second kappa shape index (κ2) is 4.67. The number of hydrogen-bond acceptors (Lipinski definition) is 4. The molecule has 0 atom stereocenters. The van der Waals surface area contributed by atoms with Gasteiger partial charge in [-0.2, -0.15) is 4.98 Å². The quantitative estimate of drug-likeness (QED) is 0.911. The molecule has 2 rings (SSSR count). The molecule has 0 amide bonds. The minimum absolute atomic E-state index is 0.155. The van der Waals surface area contributed by atoms with Gasteiger partial charge in [0.1, 0.15) is 17.2 Å². The molecule has 0 saturated carbocycles. The number of rotatable bonds is 3. The monoisotopic (exact) mass is 252 g/mol. The van der Waals surface area contributed by atoms with Crippen molar-refractivity contribution >= 4 is 17.6 Å². The third-order valence-electron chi connectivity index (χ3n) is 2.32. The van der Waals surface area contributed by atoms with Crippen LogP contribution in [0, 0.1) is 6.92 Å². The number of aryl methyl sites for hydroxylation is 1. The Morgan fingerprint density at radius 1 is 1.47 bits per heavy atom. The van der Waals surface area contributed by atoms with Crippen molar-refractivity contribution < 1.29 is 9.15 Å². The summed E-state index contributed by atoms with van der Waals surface area (Å²) in [6.45, 7) is 4.30. The predicted molar refractivity (Wildman–Crippen MR) is 67.3 cm³/mol. The Morgan fingerprint density at radius 3 is 2.76 bits per heavy atom. The van der Waals surface area contributed by atoms with E-state index in [0.717, 1.165) is 5.56 Å². The van der Waals surface area contributed by atoms with Crippen LogP contribution in [-0.2, 0) is 0 Å². The second-order valence-electron chi connectivity index (χ2n) is 3.54. The van der Waals surface area contributed by atoms with Crippen LogP contribution >= 0.6 is 11.6 Å². The van der Waals surface area contributed by atoms with Gasteiger partial charge >= 0.3 is 0 Å². The van der Waals surface area contributed by atoms with Crippen LogP contribution in [0.3, 0.4) is 0 Å². The van der Waals surface area contributed by atoms with E-state index in [-0.39, 0.29) is 6.01 Å². The molecule has 2 N–H and O–H groups in total. The number of halogens is 1. The van der Waals surface area contributed by atoms with Crippen LogP contribution in [0.15, 0.2) is 22.6 Å². The van der Waals surface area contributed by atoms with Crippen molar-refractivity contribution in [2.45, 2.75) is 13.8 Å². The molecule has 1 heterocycles. The summed E-state index contributed by atoms with van der Waals surface area (Å²) < 4.78 is 10.5. The number of ether oxygens (including phenoxy) is 1. The Kier molecular flexibility index (Phi) is 3.24. The highest BCUT2D eigenvalue weighted by atomic mass is 35.5. The first-order valence-corrected chi connectivity index (χ1v) is 5.65. The summed E-state index contributed by atoms with van der Waals surface area (Å²) in [4.78, 5) is 4.11. The average Bonchev–Trinajstić information content (AvgIpc) is 2.61. The van der Waals surface area contributed by atoms with Crippen LogP contribution in [-0.4, -0.2) is 11.6 Å². The molecule has 0 bridgehead atoms. The standard InChI is InChI=1S/C12H13ClN2O2/c1-3-16-10-5-4-8(6-9(10)13)11-7(2)17-12(14)15-11/h4-6H,3H2,1-2H3,(H2,14,15). The van der Waals surface area contributed by atoms with E-state index >= 15 is 0 Å². The number of nitrogens with zero attached hydrogens (tertiary/aromatic N) is 1. The van der Waals surface area contributed by atoms with Crippen LogP contribution in [0.1, 0.15) is 12.7 Å². The fraction of sp³-hybridized carbons (Fsp3) is 0.250. The van der Waals surface area contributed by atoms with Crippen molar-refractivity contribution in [1.82, 2.24) is 4.98 Å². The molecular formula is C12H13ClN2O2. The zero-order chi connectivity index (χ0) is 12.4. The highest BCUT2D eigenvalue weighted by Gasteiger charge is 2.11. The number of benzene rings is 1. The second-order valence-corrected chi connectivity index (χ2v) is 3.94. The molecule has 0 unspecified atom stereocenters. The lowest BCUT2D eigenvalue weighted by Crippen LogP contribution is -1.92. The van der Waals surface area contributed by atoms with Gasteiger partial charge < -0.3 is 14.9 Å². The van der Waals surface area contributed by atoms with Gasteiger partial charge in [0.15, 0.2) is 0 Å². The average molecular weight is 253 g/mol. The lowest BCUT2D eigenvalue weighted by molar-refractivity contribution is 0.340. The van der Waals surface area contributed by atoms with Gasteiger partial charge in [-0.15, -0.1) is 0 Å². The number of hydrogen-bond donors (Lipinski definition) is 1. The highest BCUT2D eigenvalue weighted by molar-refractivity contribution is 6.32. The molecule has 0 aliphatic rings. The third kappa shape index (κ3) is 2.36. The normalized spacial score (nSPS) is 10.5. The summed E-state index contributed by atoms with van der Waals surface area (Å²) in [5.74, 6) is 1.33. The molecule has 0 aliphatic carbocycles. The number of anilines is 1. The Morgan fingerprint density at radius 2 is 2.24 bits per heavy atom. The van der Waals surface area contributed by atoms with Gasteiger partial charge in [0.2, 0.25) is 0 Å². The van der Waals surface area contributed by atoms with Gasteiger partial charge in [0.25, 0.3) is 6.01 Å². The summed E-state index contributed by atoms with van der Waals surface area (Å²) in [5.41, 5.74) is 7.06. The lowest BCUT2D eigenvalue weighted by Gasteiger charge is -2.06. The Bertz CT molecular complexity index is 537. The zero-order valence-corrected chi connectivity index (χ0v) is 10.4. The van der Waals surface area contributed by atoms with Crippen molar-refractivity contribution in [3.8, 4) is 17.0 Å². The molecular weight excluding hydrogens is 240 g/mol. The van der Waals surface area contributed by atoms with Crippen molar-refractivity contribution in [2.24, 2.45) is 0 Å². The van der Waals surface area contributed by atoms with Crippen LogP contribution < -0.4 is 10.5 Å². The maximum Gasteiger partial charge on any atom is 0.292 e. The van der Waals surface area contributed by atoms with Crippen molar-refractivity contribution in [1.29, 1.82) is 0 Å². The topological polar surface area (TPSA) is 61.3 Å². The SMILES string of the molecule is CCOc1ccc(-c2nc(N)oc2C)cc1Cl. The molecule has 4 nitrogen and oxygen atoms in total. The Balaban J connectivity index is 2.41. The highest BCUT2D eigenvalue weighted by Crippen LogP contribution is 2.31. The van der Waals surface area contributed by atoms with Gasteiger partial charge in [0.05, 0.1) is 11.6 Å². The number of nitrogen functional groups attached to an aromatic ring is 1. The molecule has 1 aromatic heterocycles. The smallest absolute Gasteiger partial charge is 0.292 e. The molecule has 0 radical (unpaired) electrons. The summed E-state index contributed by atoms with van der Waals surface area (Å²) in [6.07, 6.45) is 0. The maximum absolute atomic E-state index is 6.10. The first-order valence-electron chi connectivity index (χ1n) is 5.27. The van der Waals surface area contributed by atoms with E-state index in [1.54, 1.807) is 6.07 Å². The number of aromatic nitrogens is 1. The molecule has 5 heteroatoms. The van der Waals surface area contributed by atoms with Gasteiger partial charge in [0, 0.05) is 5.56 Å². The van der Waals surface area contributed by atoms with Crippen molar-refractivity contribution in [3.05, 3.63) is 29.0 Å². The minimum atomic E-state index is 0.155. The van der Waals surface area contributed by atoms with E-state index in [2.05, 4.69) is 4.98 Å². The molecule has 0 spiro atoms. The van der Waals surface area contributed by atoms with Gasteiger partial charge in [-0.1, -0.05) is 11.6 Å². The number of nitrogens with two attached hydrogens (primary N) is 1. The summed E-state index contributed by atoms with van der Waals surface area (Å²) >= 11 is 6.10. The first-order chi connectivity index (χ1) is 8.11. The summed E-state index contributed by atoms with van der Waals surface area (Å²) in [7, 11) is 0. The van der Waals surface area contributed by atoms with E-state index in [9.17, 15) is 0 Å². The van der Waals surface area contributed by atoms with Crippen LogP contribution in [0.2, 0.25) is 5.02 Å². The fourth-order valence-electron chi connectivity index (χ4n) is 1.61. The van der Waals surface area contributed by atoms with Crippen LogP contribution in [0.25, 0.3) is 11.3 Å². The molecule has 0 fully saturated rings. The van der Waals surface area contributed by atoms with Gasteiger partial charge in [-0.05, 0) is 32.0 Å². The van der Waals surface area contributed by atoms with E-state index in [1.807, 2.05) is 26.0 Å². The summed E-state index contributed by atoms with van der Waals surface area (Å²) in [6, 6.07) is 5.63. The summed E-state index contributed by atoms with van der Waals surface area (Å²) in [5, 5.41) is 0.547. The Labute approximate surface area is 104 Å². The predicted octanol–water partition coefficient (Wildman–Crippen LogP) is 3.28. The van der Waals surface area contributed by atoms with Gasteiger partial charge in [-0.3, -0.25) is 0 Å². The first kappa shape index (κ1) is 11.8. The van der Waals surface area contributed by atoms with E-state index in [1.165, 1.54) is 0 Å². The number of oxazole rings is 1. The largest absolute Gasteiger partial charge is 0.492 e. The van der Waals surface area contributed by atoms with Gasteiger partial charge in [-0.25, -0.2) is 0 Å². The van der Waals surface area contributed by atoms with E-state index in [0.29, 0.717) is 28.8 Å². The van der Waals surface area contributed by atoms with Crippen LogP contribution in [0.5, 0.6) is 5.75 Å². The molecule has 0 aliphatic heterocycles. The Hall–Kier alpha value is -1.68. The molecule has 17 heavy (non-hydrogen) atoms. The third-order valence-corrected chi connectivity index (χ3v) is 2.61. The molecule has 0 saturated heterocycles. The molecule has 2 aromatic rings. The fourth-order valence-corrected chi connectivity index (χ4v) is 1.84. The minimum Gasteiger partial charge on any atom is -0.492 e. The zero-order valence-electron chi connectivity index (χ0n) is 9.66.